The minimum atomic E-state index is -3.55. The number of aryl methyl sites for hydroxylation is 1. The van der Waals surface area contributed by atoms with E-state index in [0.29, 0.717) is 45.1 Å². The normalized spacial score (nSPS) is 15.0. The van der Waals surface area contributed by atoms with Gasteiger partial charge < -0.3 is 14.8 Å². The van der Waals surface area contributed by atoms with Crippen molar-refractivity contribution in [1.29, 1.82) is 0 Å². The zero-order valence-electron chi connectivity index (χ0n) is 19.1. The average molecular weight is 476 g/mol. The molecule has 0 unspecified atom stereocenters. The van der Waals surface area contributed by atoms with Crippen LogP contribution in [0.2, 0.25) is 0 Å². The summed E-state index contributed by atoms with van der Waals surface area (Å²) in [7, 11) is -1.90. The summed E-state index contributed by atoms with van der Waals surface area (Å²) in [6.07, 6.45) is 1.89. The van der Waals surface area contributed by atoms with Crippen LogP contribution in [0.4, 0.5) is 5.69 Å². The third-order valence-electron chi connectivity index (χ3n) is 5.51. The number of carbonyl (C=O) groups is 1. The molecule has 1 fully saturated rings. The second-order valence-electron chi connectivity index (χ2n) is 7.95. The molecule has 1 aliphatic heterocycles. The third-order valence-corrected chi connectivity index (χ3v) is 7.42. The van der Waals surface area contributed by atoms with Crippen molar-refractivity contribution < 1.29 is 22.7 Å². The molecular formula is C24H33N3O5S. The van der Waals surface area contributed by atoms with Crippen LogP contribution in [0, 0.1) is 0 Å². The fraction of sp³-hybridized carbons (Fsp3) is 0.458. The van der Waals surface area contributed by atoms with Gasteiger partial charge in [0.05, 0.1) is 31.3 Å². The van der Waals surface area contributed by atoms with Crippen LogP contribution in [0.1, 0.15) is 12.0 Å². The molecule has 8 nitrogen and oxygen atoms in total. The summed E-state index contributed by atoms with van der Waals surface area (Å²) >= 11 is 0. The Hall–Kier alpha value is -2.30. The maximum atomic E-state index is 12.7. The van der Waals surface area contributed by atoms with Gasteiger partial charge in [0.2, 0.25) is 15.9 Å². The Morgan fingerprint density at radius 3 is 2.42 bits per heavy atom. The highest BCUT2D eigenvalue weighted by molar-refractivity contribution is 7.89. The lowest BCUT2D eigenvalue weighted by Gasteiger charge is -2.26. The number of morpholine rings is 1. The van der Waals surface area contributed by atoms with Crippen molar-refractivity contribution in [2.45, 2.75) is 17.7 Å². The van der Waals surface area contributed by atoms with E-state index in [0.717, 1.165) is 19.4 Å². The number of nitrogens with one attached hydrogen (secondary N) is 1. The van der Waals surface area contributed by atoms with E-state index in [1.54, 1.807) is 19.2 Å². The first-order chi connectivity index (χ1) is 16.0. The summed E-state index contributed by atoms with van der Waals surface area (Å²) in [6, 6.07) is 16.6. The molecule has 1 saturated heterocycles. The number of hydrogen-bond donors (Lipinski definition) is 1. The Kier molecular flexibility index (Phi) is 9.83. The summed E-state index contributed by atoms with van der Waals surface area (Å²) in [5, 5.41) is 2.87. The number of hydrogen-bond acceptors (Lipinski definition) is 6. The monoisotopic (exact) mass is 475 g/mol. The summed E-state index contributed by atoms with van der Waals surface area (Å²) in [5.41, 5.74) is 1.85. The molecule has 3 rings (SSSR count). The van der Waals surface area contributed by atoms with Crippen LogP contribution in [0.3, 0.4) is 0 Å². The van der Waals surface area contributed by atoms with E-state index < -0.39 is 10.0 Å². The second kappa shape index (κ2) is 12.8. The lowest BCUT2D eigenvalue weighted by Crippen LogP contribution is -2.40. The molecule has 0 atom stereocenters. The van der Waals surface area contributed by atoms with E-state index >= 15 is 0 Å². The second-order valence-corrected chi connectivity index (χ2v) is 9.89. The largest absolute Gasteiger partial charge is 0.383 e. The highest BCUT2D eigenvalue weighted by Crippen LogP contribution is 2.19. The highest BCUT2D eigenvalue weighted by Gasteiger charge is 2.26. The predicted molar refractivity (Wildman–Crippen MR) is 128 cm³/mol. The number of methoxy groups -OCH3 is 1. The molecule has 0 aliphatic carbocycles. The number of nitrogens with zero attached hydrogens (tertiary/aromatic N) is 2. The lowest BCUT2D eigenvalue weighted by atomic mass is 10.1. The third kappa shape index (κ3) is 7.90. The number of ether oxygens (including phenoxy) is 2. The van der Waals surface area contributed by atoms with Crippen LogP contribution in [0.5, 0.6) is 0 Å². The molecule has 33 heavy (non-hydrogen) atoms. The smallest absolute Gasteiger partial charge is 0.243 e. The average Bonchev–Trinajstić information content (AvgIpc) is 2.84. The van der Waals surface area contributed by atoms with Gasteiger partial charge in [-0.25, -0.2) is 8.42 Å². The maximum absolute atomic E-state index is 12.7. The number of carbonyl (C=O) groups excluding carboxylic acids is 1. The first kappa shape index (κ1) is 25.3. The molecule has 1 aliphatic rings. The van der Waals surface area contributed by atoms with E-state index in [1.807, 2.05) is 18.2 Å². The first-order valence-electron chi connectivity index (χ1n) is 11.2. The van der Waals surface area contributed by atoms with E-state index in [1.165, 1.54) is 22.0 Å². The van der Waals surface area contributed by atoms with E-state index in [-0.39, 0.29) is 17.3 Å². The minimum absolute atomic E-state index is 0.144. The molecule has 1 amide bonds. The molecule has 1 N–H and O–H groups in total. The van der Waals surface area contributed by atoms with Crippen molar-refractivity contribution in [3.05, 3.63) is 60.2 Å². The molecule has 0 saturated carbocycles. The molecule has 2 aromatic carbocycles. The van der Waals surface area contributed by atoms with Crippen molar-refractivity contribution in [2.24, 2.45) is 0 Å². The maximum Gasteiger partial charge on any atom is 0.243 e. The lowest BCUT2D eigenvalue weighted by molar-refractivity contribution is -0.117. The van der Waals surface area contributed by atoms with Crippen molar-refractivity contribution >= 4 is 21.6 Å². The van der Waals surface area contributed by atoms with Gasteiger partial charge in [-0.2, -0.15) is 4.31 Å². The first-order valence-corrected chi connectivity index (χ1v) is 12.7. The summed E-state index contributed by atoms with van der Waals surface area (Å²) < 4.78 is 37.3. The molecule has 0 bridgehead atoms. The van der Waals surface area contributed by atoms with Gasteiger partial charge in [-0.1, -0.05) is 30.3 Å². The van der Waals surface area contributed by atoms with Crippen LogP contribution in [0.15, 0.2) is 59.5 Å². The Morgan fingerprint density at radius 1 is 1.06 bits per heavy atom. The van der Waals surface area contributed by atoms with Crippen molar-refractivity contribution in [1.82, 2.24) is 9.21 Å². The van der Waals surface area contributed by atoms with Crippen molar-refractivity contribution in [2.75, 3.05) is 65.0 Å². The molecule has 9 heteroatoms. The fourth-order valence-electron chi connectivity index (χ4n) is 3.69. The molecule has 0 radical (unpaired) electrons. The van der Waals surface area contributed by atoms with Gasteiger partial charge in [-0.05, 0) is 49.2 Å². The number of sulfonamides is 1. The van der Waals surface area contributed by atoms with Crippen molar-refractivity contribution in [3.63, 3.8) is 0 Å². The Morgan fingerprint density at radius 2 is 1.76 bits per heavy atom. The van der Waals surface area contributed by atoms with Gasteiger partial charge in [-0.15, -0.1) is 0 Å². The Labute approximate surface area is 196 Å². The van der Waals surface area contributed by atoms with Crippen LogP contribution >= 0.6 is 0 Å². The van der Waals surface area contributed by atoms with Gasteiger partial charge in [0.1, 0.15) is 0 Å². The van der Waals surface area contributed by atoms with E-state index in [9.17, 15) is 13.2 Å². The number of benzene rings is 2. The molecular weight excluding hydrogens is 442 g/mol. The zero-order valence-corrected chi connectivity index (χ0v) is 19.9. The number of rotatable bonds is 12. The topological polar surface area (TPSA) is 88.2 Å². The van der Waals surface area contributed by atoms with Gasteiger partial charge in [0.25, 0.3) is 0 Å². The highest BCUT2D eigenvalue weighted by atomic mass is 32.2. The molecule has 2 aromatic rings. The van der Waals surface area contributed by atoms with E-state index in [4.69, 9.17) is 9.47 Å². The van der Waals surface area contributed by atoms with Crippen LogP contribution in [-0.4, -0.2) is 83.2 Å². The van der Waals surface area contributed by atoms with Crippen molar-refractivity contribution in [3.8, 4) is 0 Å². The number of amides is 1. The molecule has 0 spiro atoms. The molecule has 0 aromatic heterocycles. The minimum Gasteiger partial charge on any atom is -0.383 e. The van der Waals surface area contributed by atoms with E-state index in [2.05, 4.69) is 22.3 Å². The summed E-state index contributed by atoms with van der Waals surface area (Å²) in [4.78, 5) is 14.9. The summed E-state index contributed by atoms with van der Waals surface area (Å²) in [6.45, 7) is 3.73. The van der Waals surface area contributed by atoms with Gasteiger partial charge in [-0.3, -0.25) is 9.69 Å². The Balaban J connectivity index is 1.52. The SMILES string of the molecule is COCCN(CCCc1ccccc1)CC(=O)Nc1ccc(S(=O)(=O)N2CCOCC2)cc1. The Bertz CT molecular complexity index is 961. The standard InChI is InChI=1S/C24H33N3O5S/c1-31-17-14-26(13-5-8-21-6-3-2-4-7-21)20-24(28)25-22-9-11-23(12-10-22)33(29,30)27-15-18-32-19-16-27/h2-4,6-7,9-12H,5,8,13-20H2,1H3,(H,25,28). The summed E-state index contributed by atoms with van der Waals surface area (Å²) in [5.74, 6) is -0.144. The van der Waals surface area contributed by atoms with Crippen LogP contribution in [-0.2, 0) is 30.7 Å². The van der Waals surface area contributed by atoms with Crippen LogP contribution < -0.4 is 5.32 Å². The quantitative estimate of drug-likeness (QED) is 0.507. The fourth-order valence-corrected chi connectivity index (χ4v) is 5.10. The number of anilines is 1. The molecule has 1 heterocycles. The zero-order chi connectivity index (χ0) is 23.5. The van der Waals surface area contributed by atoms with Crippen LogP contribution in [0.25, 0.3) is 0 Å². The molecule has 180 valence electrons. The van der Waals surface area contributed by atoms with Gasteiger partial charge in [0.15, 0.2) is 0 Å². The van der Waals surface area contributed by atoms with Gasteiger partial charge >= 0.3 is 0 Å². The predicted octanol–water partition coefficient (Wildman–Crippen LogP) is 2.23. The van der Waals surface area contributed by atoms with Gasteiger partial charge in [0, 0.05) is 32.4 Å².